The van der Waals surface area contributed by atoms with Gasteiger partial charge in [-0.25, -0.2) is 0 Å². The Bertz CT molecular complexity index is 284. The second kappa shape index (κ2) is 4.61. The van der Waals surface area contributed by atoms with Crippen LogP contribution < -0.4 is 5.73 Å². The van der Waals surface area contributed by atoms with Crippen LogP contribution in [0.3, 0.4) is 0 Å². The molecule has 0 spiro atoms. The Kier molecular flexibility index (Phi) is 3.72. The minimum absolute atomic E-state index is 0.0252. The number of aryl methyl sites for hydroxylation is 1. The molecule has 72 valence electrons. The average molecular weight is 200 g/mol. The first-order chi connectivity index (χ1) is 6.19. The predicted molar refractivity (Wildman–Crippen MR) is 55.1 cm³/mol. The third-order valence-corrected chi connectivity index (χ3v) is 2.41. The molecule has 0 aliphatic rings. The molecule has 0 amide bonds. The minimum Gasteiger partial charge on any atom is -0.396 e. The van der Waals surface area contributed by atoms with Gasteiger partial charge in [0.05, 0.1) is 6.61 Å². The molecule has 0 aliphatic heterocycles. The lowest BCUT2D eigenvalue weighted by Crippen LogP contribution is -2.16. The van der Waals surface area contributed by atoms with Crippen molar-refractivity contribution in [2.75, 3.05) is 13.2 Å². The molecule has 0 saturated carbocycles. The van der Waals surface area contributed by atoms with Crippen LogP contribution in [-0.4, -0.2) is 18.3 Å². The molecule has 0 aromatic heterocycles. The van der Waals surface area contributed by atoms with E-state index in [2.05, 4.69) is 0 Å². The van der Waals surface area contributed by atoms with Gasteiger partial charge in [0.1, 0.15) is 0 Å². The summed E-state index contributed by atoms with van der Waals surface area (Å²) in [6.07, 6.45) is 0. The molecule has 0 fully saturated rings. The molecule has 0 aliphatic carbocycles. The monoisotopic (exact) mass is 199 g/mol. The lowest BCUT2D eigenvalue weighted by atomic mass is 9.96. The first-order valence-corrected chi connectivity index (χ1v) is 4.63. The fourth-order valence-corrected chi connectivity index (χ4v) is 1.62. The van der Waals surface area contributed by atoms with Gasteiger partial charge in [-0.3, -0.25) is 0 Å². The third kappa shape index (κ3) is 2.44. The van der Waals surface area contributed by atoms with Gasteiger partial charge in [0.25, 0.3) is 0 Å². The molecule has 0 saturated heterocycles. The van der Waals surface area contributed by atoms with Crippen molar-refractivity contribution < 1.29 is 5.11 Å². The van der Waals surface area contributed by atoms with Crippen molar-refractivity contribution in [3.8, 4) is 0 Å². The summed E-state index contributed by atoms with van der Waals surface area (Å²) in [5.74, 6) is 0.0252. The van der Waals surface area contributed by atoms with Crippen LogP contribution in [0.15, 0.2) is 18.2 Å². The zero-order valence-electron chi connectivity index (χ0n) is 7.63. The summed E-state index contributed by atoms with van der Waals surface area (Å²) < 4.78 is 0. The summed E-state index contributed by atoms with van der Waals surface area (Å²) in [5, 5.41) is 9.78. The topological polar surface area (TPSA) is 46.2 Å². The van der Waals surface area contributed by atoms with E-state index in [1.807, 2.05) is 25.1 Å². The van der Waals surface area contributed by atoms with Gasteiger partial charge < -0.3 is 10.8 Å². The van der Waals surface area contributed by atoms with E-state index < -0.39 is 0 Å². The van der Waals surface area contributed by atoms with Crippen LogP contribution in [-0.2, 0) is 0 Å². The number of hydrogen-bond donors (Lipinski definition) is 2. The summed E-state index contributed by atoms with van der Waals surface area (Å²) in [7, 11) is 0. The van der Waals surface area contributed by atoms with Crippen LogP contribution in [0, 0.1) is 6.92 Å². The first-order valence-electron chi connectivity index (χ1n) is 4.26. The molecule has 0 bridgehead atoms. The van der Waals surface area contributed by atoms with E-state index in [1.165, 1.54) is 0 Å². The van der Waals surface area contributed by atoms with Crippen molar-refractivity contribution in [1.82, 2.24) is 0 Å². The van der Waals surface area contributed by atoms with E-state index in [0.29, 0.717) is 6.54 Å². The number of halogens is 1. The van der Waals surface area contributed by atoms with Gasteiger partial charge in [-0.05, 0) is 30.2 Å². The maximum atomic E-state index is 9.06. The van der Waals surface area contributed by atoms with E-state index in [0.717, 1.165) is 16.1 Å². The highest BCUT2D eigenvalue weighted by atomic mass is 35.5. The average Bonchev–Trinajstić information content (AvgIpc) is 2.10. The normalized spacial score (nSPS) is 12.9. The molecule has 1 atom stereocenters. The Hall–Kier alpha value is -0.570. The summed E-state index contributed by atoms with van der Waals surface area (Å²) in [6, 6.07) is 5.63. The van der Waals surface area contributed by atoms with E-state index in [1.54, 1.807) is 0 Å². The summed E-state index contributed by atoms with van der Waals surface area (Å²) in [5.41, 5.74) is 7.69. The maximum absolute atomic E-state index is 9.06. The second-order valence-corrected chi connectivity index (χ2v) is 3.55. The van der Waals surface area contributed by atoms with Crippen LogP contribution >= 0.6 is 11.6 Å². The largest absolute Gasteiger partial charge is 0.396 e. The number of nitrogens with two attached hydrogens (primary N) is 1. The Labute approximate surface area is 83.3 Å². The van der Waals surface area contributed by atoms with E-state index in [4.69, 9.17) is 22.4 Å². The molecule has 0 radical (unpaired) electrons. The van der Waals surface area contributed by atoms with Crippen LogP contribution in [0.2, 0.25) is 5.02 Å². The summed E-state index contributed by atoms with van der Waals surface area (Å²) in [6.45, 7) is 2.51. The zero-order chi connectivity index (χ0) is 9.84. The van der Waals surface area contributed by atoms with Crippen LogP contribution in [0.25, 0.3) is 0 Å². The molecule has 1 aromatic rings. The summed E-state index contributed by atoms with van der Waals surface area (Å²) in [4.78, 5) is 0. The highest BCUT2D eigenvalue weighted by molar-refractivity contribution is 6.30. The van der Waals surface area contributed by atoms with Crippen molar-refractivity contribution in [3.05, 3.63) is 34.3 Å². The van der Waals surface area contributed by atoms with Crippen molar-refractivity contribution >= 4 is 11.6 Å². The van der Waals surface area contributed by atoms with E-state index in [-0.39, 0.29) is 12.5 Å². The van der Waals surface area contributed by atoms with Gasteiger partial charge in [-0.1, -0.05) is 17.7 Å². The Morgan fingerprint density at radius 3 is 2.69 bits per heavy atom. The van der Waals surface area contributed by atoms with Crippen LogP contribution in [0.4, 0.5) is 0 Å². The predicted octanol–water partition coefficient (Wildman–Crippen LogP) is 1.68. The fraction of sp³-hybridized carbons (Fsp3) is 0.400. The summed E-state index contributed by atoms with van der Waals surface area (Å²) >= 11 is 5.81. The Morgan fingerprint density at radius 1 is 1.54 bits per heavy atom. The molecule has 3 heteroatoms. The quantitative estimate of drug-likeness (QED) is 0.778. The lowest BCUT2D eigenvalue weighted by Gasteiger charge is -2.14. The van der Waals surface area contributed by atoms with Gasteiger partial charge >= 0.3 is 0 Å². The second-order valence-electron chi connectivity index (χ2n) is 3.12. The number of hydrogen-bond acceptors (Lipinski definition) is 2. The first kappa shape index (κ1) is 10.5. The van der Waals surface area contributed by atoms with Gasteiger partial charge in [0.15, 0.2) is 0 Å². The fourth-order valence-electron chi connectivity index (χ4n) is 1.40. The lowest BCUT2D eigenvalue weighted by molar-refractivity contribution is 0.267. The van der Waals surface area contributed by atoms with Crippen molar-refractivity contribution in [2.24, 2.45) is 5.73 Å². The van der Waals surface area contributed by atoms with Crippen LogP contribution in [0.1, 0.15) is 17.0 Å². The highest BCUT2D eigenvalue weighted by Gasteiger charge is 2.10. The van der Waals surface area contributed by atoms with Gasteiger partial charge in [0.2, 0.25) is 0 Å². The number of aliphatic hydroxyl groups excluding tert-OH is 1. The van der Waals surface area contributed by atoms with Crippen molar-refractivity contribution in [1.29, 1.82) is 0 Å². The van der Waals surface area contributed by atoms with Gasteiger partial charge in [-0.2, -0.15) is 0 Å². The van der Waals surface area contributed by atoms with Gasteiger partial charge in [-0.15, -0.1) is 0 Å². The number of benzene rings is 1. The Morgan fingerprint density at radius 2 is 2.23 bits per heavy atom. The minimum atomic E-state index is 0.0252. The molecule has 2 nitrogen and oxygen atoms in total. The smallest absolute Gasteiger partial charge is 0.0511 e. The highest BCUT2D eigenvalue weighted by Crippen LogP contribution is 2.21. The molecule has 1 rings (SSSR count). The van der Waals surface area contributed by atoms with E-state index >= 15 is 0 Å². The molecule has 0 heterocycles. The number of rotatable bonds is 3. The Balaban J connectivity index is 2.99. The molecule has 1 aromatic carbocycles. The van der Waals surface area contributed by atoms with Crippen molar-refractivity contribution in [3.63, 3.8) is 0 Å². The standard InChI is InChI=1S/C10H14ClNO/c1-7-4-9(11)2-3-10(7)8(5-12)6-13/h2-4,8,13H,5-6,12H2,1H3. The SMILES string of the molecule is Cc1cc(Cl)ccc1C(CN)CO. The maximum Gasteiger partial charge on any atom is 0.0511 e. The van der Waals surface area contributed by atoms with Crippen molar-refractivity contribution in [2.45, 2.75) is 12.8 Å². The van der Waals surface area contributed by atoms with Crippen LogP contribution in [0.5, 0.6) is 0 Å². The molecular formula is C10H14ClNO. The zero-order valence-corrected chi connectivity index (χ0v) is 8.38. The molecule has 3 N–H and O–H groups in total. The molecule has 13 heavy (non-hydrogen) atoms. The van der Waals surface area contributed by atoms with Gasteiger partial charge in [0, 0.05) is 17.5 Å². The molecular weight excluding hydrogens is 186 g/mol. The molecule has 1 unspecified atom stereocenters. The van der Waals surface area contributed by atoms with E-state index in [9.17, 15) is 0 Å². The number of aliphatic hydroxyl groups is 1. The third-order valence-electron chi connectivity index (χ3n) is 2.18.